The van der Waals surface area contributed by atoms with E-state index >= 15 is 0 Å². The van der Waals surface area contributed by atoms with E-state index in [4.69, 9.17) is 14.5 Å². The van der Waals surface area contributed by atoms with Gasteiger partial charge in [-0.15, -0.1) is 0 Å². The van der Waals surface area contributed by atoms with Gasteiger partial charge < -0.3 is 14.4 Å². The molecule has 5 heteroatoms. The fraction of sp³-hybridized carbons (Fsp3) is 0.444. The van der Waals surface area contributed by atoms with Crippen molar-refractivity contribution < 1.29 is 9.47 Å². The topological polar surface area (TPSA) is 47.5 Å². The second kappa shape index (κ2) is 7.06. The summed E-state index contributed by atoms with van der Waals surface area (Å²) in [6, 6.07) is 12.1. The van der Waals surface area contributed by atoms with E-state index in [0.717, 1.165) is 36.0 Å². The lowest BCUT2D eigenvalue weighted by atomic mass is 10.2. The Bertz CT molecular complexity index is 638. The van der Waals surface area contributed by atoms with Gasteiger partial charge in [-0.2, -0.15) is 0 Å². The molecule has 0 bridgehead atoms. The minimum Gasteiger partial charge on any atom is -0.378 e. The largest absolute Gasteiger partial charge is 0.378 e. The number of hydrogen-bond acceptors (Lipinski definition) is 5. The molecule has 3 rings (SSSR count). The quantitative estimate of drug-likeness (QED) is 0.868. The predicted octanol–water partition coefficient (Wildman–Crippen LogP) is 2.90. The molecule has 0 aliphatic carbocycles. The second-order valence-corrected chi connectivity index (χ2v) is 6.00. The summed E-state index contributed by atoms with van der Waals surface area (Å²) in [4.78, 5) is 11.7. The number of anilines is 1. The summed E-state index contributed by atoms with van der Waals surface area (Å²) < 4.78 is 11.1. The first-order chi connectivity index (χ1) is 11.2. The zero-order valence-electron chi connectivity index (χ0n) is 13.9. The number of morpholine rings is 1. The molecule has 1 aliphatic heterocycles. The van der Waals surface area contributed by atoms with Crippen molar-refractivity contribution in [1.82, 2.24) is 9.97 Å². The van der Waals surface area contributed by atoms with Gasteiger partial charge in [0.15, 0.2) is 5.82 Å². The van der Waals surface area contributed by atoms with Gasteiger partial charge in [0.1, 0.15) is 5.82 Å². The maximum absolute atomic E-state index is 5.82. The Morgan fingerprint density at radius 1 is 1.13 bits per heavy atom. The van der Waals surface area contributed by atoms with Gasteiger partial charge in [0.2, 0.25) is 0 Å². The van der Waals surface area contributed by atoms with Gasteiger partial charge in [0.05, 0.1) is 24.5 Å². The van der Waals surface area contributed by atoms with Crippen molar-refractivity contribution in [2.75, 3.05) is 25.1 Å². The first-order valence-electron chi connectivity index (χ1n) is 7.98. The molecular weight excluding hydrogens is 290 g/mol. The number of benzene rings is 1. The molecule has 0 radical (unpaired) electrons. The van der Waals surface area contributed by atoms with Crippen molar-refractivity contribution in [3.63, 3.8) is 0 Å². The highest BCUT2D eigenvalue weighted by Crippen LogP contribution is 2.23. The summed E-state index contributed by atoms with van der Waals surface area (Å²) in [5.41, 5.74) is 1.91. The zero-order chi connectivity index (χ0) is 16.2. The van der Waals surface area contributed by atoms with Crippen LogP contribution in [0.25, 0.3) is 11.4 Å². The van der Waals surface area contributed by atoms with Crippen molar-refractivity contribution in [2.24, 2.45) is 0 Å². The third-order valence-corrected chi connectivity index (χ3v) is 3.83. The standard InChI is InChI=1S/C18H23N3O2/c1-13-10-21(11-14(2)23-13)17-9-16(12-22-3)19-18(20-17)15-7-5-4-6-8-15/h4-9,13-14H,10-12H2,1-3H3/t13-,14-/m1/s1. The number of hydrogen-bond donors (Lipinski definition) is 0. The number of ether oxygens (including phenoxy) is 2. The smallest absolute Gasteiger partial charge is 0.161 e. The zero-order valence-corrected chi connectivity index (χ0v) is 13.9. The van der Waals surface area contributed by atoms with Crippen LogP contribution >= 0.6 is 0 Å². The van der Waals surface area contributed by atoms with Crippen LogP contribution < -0.4 is 4.90 Å². The van der Waals surface area contributed by atoms with E-state index in [0.29, 0.717) is 6.61 Å². The summed E-state index contributed by atoms with van der Waals surface area (Å²) in [5.74, 6) is 1.68. The number of methoxy groups -OCH3 is 1. The minimum atomic E-state index is 0.194. The Morgan fingerprint density at radius 2 is 1.83 bits per heavy atom. The first kappa shape index (κ1) is 15.9. The van der Waals surface area contributed by atoms with E-state index in [9.17, 15) is 0 Å². The molecule has 1 fully saturated rings. The maximum Gasteiger partial charge on any atom is 0.161 e. The molecule has 1 aromatic heterocycles. The molecule has 2 atom stereocenters. The summed E-state index contributed by atoms with van der Waals surface area (Å²) in [7, 11) is 1.68. The average molecular weight is 313 g/mol. The molecule has 0 spiro atoms. The fourth-order valence-corrected chi connectivity index (χ4v) is 2.95. The molecule has 1 aromatic carbocycles. The summed E-state index contributed by atoms with van der Waals surface area (Å²) in [6.45, 7) is 6.34. The van der Waals surface area contributed by atoms with Gasteiger partial charge >= 0.3 is 0 Å². The monoisotopic (exact) mass is 313 g/mol. The van der Waals surface area contributed by atoms with E-state index in [1.54, 1.807) is 7.11 Å². The van der Waals surface area contributed by atoms with Crippen LogP contribution in [0.5, 0.6) is 0 Å². The lowest BCUT2D eigenvalue weighted by molar-refractivity contribution is -0.00547. The minimum absolute atomic E-state index is 0.194. The summed E-state index contributed by atoms with van der Waals surface area (Å²) >= 11 is 0. The van der Waals surface area contributed by atoms with E-state index < -0.39 is 0 Å². The van der Waals surface area contributed by atoms with Gasteiger partial charge in [0.25, 0.3) is 0 Å². The molecule has 0 saturated carbocycles. The summed E-state index contributed by atoms with van der Waals surface area (Å²) in [6.07, 6.45) is 0.388. The van der Waals surface area contributed by atoms with Gasteiger partial charge in [-0.3, -0.25) is 0 Å². The van der Waals surface area contributed by atoms with Crippen molar-refractivity contribution in [2.45, 2.75) is 32.7 Å². The average Bonchev–Trinajstić information content (AvgIpc) is 2.55. The van der Waals surface area contributed by atoms with Crippen LogP contribution in [0.4, 0.5) is 5.82 Å². The molecule has 0 N–H and O–H groups in total. The van der Waals surface area contributed by atoms with E-state index in [-0.39, 0.29) is 12.2 Å². The second-order valence-electron chi connectivity index (χ2n) is 6.00. The third kappa shape index (κ3) is 3.86. The van der Waals surface area contributed by atoms with Gasteiger partial charge in [-0.1, -0.05) is 30.3 Å². The first-order valence-corrected chi connectivity index (χ1v) is 7.98. The lowest BCUT2D eigenvalue weighted by Gasteiger charge is -2.36. The van der Waals surface area contributed by atoms with Crippen LogP contribution in [-0.4, -0.2) is 42.4 Å². The van der Waals surface area contributed by atoms with Crippen LogP contribution in [0, 0.1) is 0 Å². The predicted molar refractivity (Wildman–Crippen MR) is 90.4 cm³/mol. The fourth-order valence-electron chi connectivity index (χ4n) is 2.95. The normalized spacial score (nSPS) is 21.4. The SMILES string of the molecule is COCc1cc(N2C[C@@H](C)O[C@H](C)C2)nc(-c2ccccc2)n1. The summed E-state index contributed by atoms with van der Waals surface area (Å²) in [5, 5.41) is 0. The van der Waals surface area contributed by atoms with E-state index in [1.165, 1.54) is 0 Å². The van der Waals surface area contributed by atoms with E-state index in [2.05, 4.69) is 23.7 Å². The van der Waals surface area contributed by atoms with Crippen LogP contribution in [0.1, 0.15) is 19.5 Å². The number of rotatable bonds is 4. The van der Waals surface area contributed by atoms with Crippen LogP contribution in [0.2, 0.25) is 0 Å². The molecule has 2 heterocycles. The molecule has 122 valence electrons. The molecule has 2 aromatic rings. The molecule has 23 heavy (non-hydrogen) atoms. The van der Waals surface area contributed by atoms with Gasteiger partial charge in [-0.05, 0) is 13.8 Å². The van der Waals surface area contributed by atoms with Crippen LogP contribution in [-0.2, 0) is 16.1 Å². The molecule has 1 aliphatic rings. The van der Waals surface area contributed by atoms with Crippen molar-refractivity contribution in [3.05, 3.63) is 42.1 Å². The maximum atomic E-state index is 5.82. The lowest BCUT2D eigenvalue weighted by Crippen LogP contribution is -2.46. The highest BCUT2D eigenvalue weighted by molar-refractivity contribution is 5.58. The van der Waals surface area contributed by atoms with Crippen LogP contribution in [0.15, 0.2) is 36.4 Å². The third-order valence-electron chi connectivity index (χ3n) is 3.83. The Balaban J connectivity index is 1.97. The van der Waals surface area contributed by atoms with Crippen LogP contribution in [0.3, 0.4) is 0 Å². The Morgan fingerprint density at radius 3 is 2.48 bits per heavy atom. The Kier molecular flexibility index (Phi) is 4.88. The van der Waals surface area contributed by atoms with Crippen molar-refractivity contribution >= 4 is 5.82 Å². The molecule has 0 amide bonds. The highest BCUT2D eigenvalue weighted by atomic mass is 16.5. The number of aromatic nitrogens is 2. The molecule has 5 nitrogen and oxygen atoms in total. The Hall–Kier alpha value is -1.98. The molecule has 0 unspecified atom stereocenters. The van der Waals surface area contributed by atoms with Crippen molar-refractivity contribution in [1.29, 1.82) is 0 Å². The van der Waals surface area contributed by atoms with E-state index in [1.807, 2.05) is 36.4 Å². The molecule has 1 saturated heterocycles. The Labute approximate surface area is 137 Å². The van der Waals surface area contributed by atoms with Gasteiger partial charge in [0, 0.05) is 31.8 Å². The van der Waals surface area contributed by atoms with Crippen molar-refractivity contribution in [3.8, 4) is 11.4 Å². The van der Waals surface area contributed by atoms with Gasteiger partial charge in [-0.25, -0.2) is 9.97 Å². The highest BCUT2D eigenvalue weighted by Gasteiger charge is 2.24. The molecular formula is C18H23N3O2. The number of nitrogens with zero attached hydrogens (tertiary/aromatic N) is 3.